The van der Waals surface area contributed by atoms with Gasteiger partial charge in [0.15, 0.2) is 0 Å². The summed E-state index contributed by atoms with van der Waals surface area (Å²) in [4.78, 5) is 38.5. The quantitative estimate of drug-likeness (QED) is 0.814. The number of amides is 2. The molecule has 0 aromatic carbocycles. The van der Waals surface area contributed by atoms with Gasteiger partial charge in [-0.25, -0.2) is 9.59 Å². The lowest BCUT2D eigenvalue weighted by Gasteiger charge is -2.20. The summed E-state index contributed by atoms with van der Waals surface area (Å²) < 4.78 is 4.86. The number of likely N-dealkylation sites (tertiary alicyclic amines) is 1. The van der Waals surface area contributed by atoms with Crippen molar-refractivity contribution in [2.45, 2.75) is 32.6 Å². The van der Waals surface area contributed by atoms with Gasteiger partial charge in [0.05, 0.1) is 18.1 Å². The molecule has 1 aliphatic heterocycles. The van der Waals surface area contributed by atoms with Crippen LogP contribution in [-0.2, 0) is 22.4 Å². The van der Waals surface area contributed by atoms with Gasteiger partial charge in [0.25, 0.3) is 0 Å². The molecule has 0 saturated carbocycles. The summed E-state index contributed by atoms with van der Waals surface area (Å²) >= 11 is 1.41. The Morgan fingerprint density at radius 2 is 2.08 bits per heavy atom. The van der Waals surface area contributed by atoms with E-state index in [1.165, 1.54) is 23.3 Å². The van der Waals surface area contributed by atoms with Crippen molar-refractivity contribution in [1.82, 2.24) is 4.90 Å². The highest BCUT2D eigenvalue weighted by Crippen LogP contribution is 2.40. The topological polar surface area (TPSA) is 95.9 Å². The Hall–Kier alpha value is -2.09. The van der Waals surface area contributed by atoms with Crippen LogP contribution in [0.25, 0.3) is 0 Å². The molecule has 2 aliphatic rings. The molecule has 2 amide bonds. The maximum Gasteiger partial charge on any atom is 0.341 e. The van der Waals surface area contributed by atoms with E-state index in [0.717, 1.165) is 29.7 Å². The van der Waals surface area contributed by atoms with Gasteiger partial charge < -0.3 is 14.7 Å². The van der Waals surface area contributed by atoms with Crippen LogP contribution in [0.2, 0.25) is 0 Å². The van der Waals surface area contributed by atoms with Crippen LogP contribution in [0.5, 0.6) is 0 Å². The lowest BCUT2D eigenvalue weighted by molar-refractivity contribution is -0.146. The van der Waals surface area contributed by atoms with Gasteiger partial charge in [-0.2, -0.15) is 0 Å². The number of esters is 1. The van der Waals surface area contributed by atoms with Gasteiger partial charge in [0.1, 0.15) is 5.00 Å². The molecule has 1 aromatic heterocycles. The summed E-state index contributed by atoms with van der Waals surface area (Å²) in [5.74, 6) is -1.34. The second-order valence-electron chi connectivity index (χ2n) is 6.52. The normalized spacial score (nSPS) is 22.3. The summed E-state index contributed by atoms with van der Waals surface area (Å²) in [7, 11) is 1.33. The fourth-order valence-electron chi connectivity index (χ4n) is 3.30. The zero-order valence-electron chi connectivity index (χ0n) is 13.7. The van der Waals surface area contributed by atoms with E-state index in [0.29, 0.717) is 23.5 Å². The highest BCUT2D eigenvalue weighted by Gasteiger charge is 2.42. The van der Waals surface area contributed by atoms with Crippen LogP contribution in [0, 0.1) is 5.41 Å². The van der Waals surface area contributed by atoms with Crippen molar-refractivity contribution in [3.05, 3.63) is 16.0 Å². The van der Waals surface area contributed by atoms with Crippen LogP contribution in [-0.4, -0.2) is 48.2 Å². The number of thiophene rings is 1. The largest absolute Gasteiger partial charge is 0.481 e. The zero-order valence-corrected chi connectivity index (χ0v) is 14.5. The van der Waals surface area contributed by atoms with Crippen molar-refractivity contribution in [2.75, 3.05) is 25.5 Å². The fourth-order valence-corrected chi connectivity index (χ4v) is 4.56. The monoisotopic (exact) mass is 352 g/mol. The van der Waals surface area contributed by atoms with Crippen LogP contribution in [0.3, 0.4) is 0 Å². The maximum absolute atomic E-state index is 12.5. The van der Waals surface area contributed by atoms with Crippen LogP contribution in [0.15, 0.2) is 0 Å². The predicted octanol–water partition coefficient (Wildman–Crippen LogP) is 2.35. The van der Waals surface area contributed by atoms with Crippen LogP contribution in [0.4, 0.5) is 9.80 Å². The summed E-state index contributed by atoms with van der Waals surface area (Å²) in [6.07, 6.45) is 3.14. The minimum atomic E-state index is -0.917. The van der Waals surface area contributed by atoms with Gasteiger partial charge in [-0.1, -0.05) is 0 Å². The molecule has 1 aromatic rings. The van der Waals surface area contributed by atoms with Crippen molar-refractivity contribution in [1.29, 1.82) is 0 Å². The summed E-state index contributed by atoms with van der Waals surface area (Å²) in [6, 6.07) is -0.370. The van der Waals surface area contributed by atoms with E-state index in [4.69, 9.17) is 4.74 Å². The van der Waals surface area contributed by atoms with Crippen molar-refractivity contribution in [3.63, 3.8) is 0 Å². The first kappa shape index (κ1) is 16.8. The van der Waals surface area contributed by atoms with Crippen LogP contribution in [0.1, 0.15) is 40.6 Å². The average Bonchev–Trinajstić information content (AvgIpc) is 3.21. The van der Waals surface area contributed by atoms with E-state index in [2.05, 4.69) is 5.32 Å². The second-order valence-corrected chi connectivity index (χ2v) is 7.63. The number of aliphatic carboxylic acids is 1. The van der Waals surface area contributed by atoms with Crippen LogP contribution >= 0.6 is 11.3 Å². The number of nitrogens with one attached hydrogen (secondary N) is 1. The fraction of sp³-hybridized carbons (Fsp3) is 0.562. The Bertz CT molecular complexity index is 714. The number of carboxylic acid groups (broad SMARTS) is 1. The first-order chi connectivity index (χ1) is 11.4. The number of anilines is 1. The molecule has 1 unspecified atom stereocenters. The van der Waals surface area contributed by atoms with Crippen molar-refractivity contribution < 1.29 is 24.2 Å². The summed E-state index contributed by atoms with van der Waals surface area (Å²) in [5.41, 5.74) is 0.502. The number of hydrogen-bond acceptors (Lipinski definition) is 5. The molecule has 0 radical (unpaired) electrons. The molecule has 130 valence electrons. The molecule has 0 bridgehead atoms. The van der Waals surface area contributed by atoms with E-state index < -0.39 is 17.4 Å². The van der Waals surface area contributed by atoms with E-state index in [-0.39, 0.29) is 12.6 Å². The van der Waals surface area contributed by atoms with Gasteiger partial charge >= 0.3 is 18.0 Å². The number of methoxy groups -OCH3 is 1. The molecular formula is C16H20N2O5S. The van der Waals surface area contributed by atoms with Gasteiger partial charge in [-0.3, -0.25) is 10.1 Å². The molecule has 0 spiro atoms. The zero-order chi connectivity index (χ0) is 17.5. The van der Waals surface area contributed by atoms with E-state index >= 15 is 0 Å². The van der Waals surface area contributed by atoms with Crippen molar-refractivity contribution >= 4 is 34.3 Å². The first-order valence-electron chi connectivity index (χ1n) is 7.88. The third-order valence-corrected chi connectivity index (χ3v) is 6.02. The van der Waals surface area contributed by atoms with E-state index in [9.17, 15) is 19.5 Å². The highest BCUT2D eigenvalue weighted by atomic mass is 32.1. The number of rotatable bonds is 3. The standard InChI is InChI=1S/C16H20N2O5S/c1-16(14(20)21)6-7-18(8-16)15(22)17-12-11(13(19)23-2)9-4-3-5-10(9)24-12/h3-8H2,1-2H3,(H,17,22)(H,20,21). The molecule has 1 fully saturated rings. The number of carbonyl (C=O) groups is 3. The molecule has 1 saturated heterocycles. The number of urea groups is 1. The third kappa shape index (κ3) is 2.75. The number of nitrogens with zero attached hydrogens (tertiary/aromatic N) is 1. The summed E-state index contributed by atoms with van der Waals surface area (Å²) in [5, 5.41) is 12.6. The van der Waals surface area contributed by atoms with E-state index in [1.807, 2.05) is 0 Å². The average molecular weight is 352 g/mol. The number of fused-ring (bicyclic) bond motifs is 1. The number of aryl methyl sites for hydroxylation is 1. The lowest BCUT2D eigenvalue weighted by Crippen LogP contribution is -2.37. The van der Waals surface area contributed by atoms with Gasteiger partial charge in [0.2, 0.25) is 0 Å². The second kappa shape index (κ2) is 6.08. The Balaban J connectivity index is 1.79. The number of carboxylic acids is 1. The number of carbonyl (C=O) groups excluding carboxylic acids is 2. The van der Waals surface area contributed by atoms with Gasteiger partial charge in [-0.15, -0.1) is 11.3 Å². The van der Waals surface area contributed by atoms with E-state index in [1.54, 1.807) is 6.92 Å². The van der Waals surface area contributed by atoms with Gasteiger partial charge in [0, 0.05) is 18.0 Å². The Morgan fingerprint density at radius 1 is 1.33 bits per heavy atom. The molecule has 7 nitrogen and oxygen atoms in total. The lowest BCUT2D eigenvalue weighted by atomic mass is 9.90. The number of hydrogen-bond donors (Lipinski definition) is 2. The smallest absolute Gasteiger partial charge is 0.341 e. The van der Waals surface area contributed by atoms with Crippen molar-refractivity contribution in [3.8, 4) is 0 Å². The highest BCUT2D eigenvalue weighted by molar-refractivity contribution is 7.17. The minimum absolute atomic E-state index is 0.160. The third-order valence-electron chi connectivity index (χ3n) is 4.81. The molecule has 3 rings (SSSR count). The molecule has 1 atom stereocenters. The van der Waals surface area contributed by atoms with Gasteiger partial charge in [-0.05, 0) is 38.2 Å². The molecule has 24 heavy (non-hydrogen) atoms. The Labute approximate surface area is 143 Å². The molecule has 2 heterocycles. The predicted molar refractivity (Wildman–Crippen MR) is 88.6 cm³/mol. The Morgan fingerprint density at radius 3 is 2.71 bits per heavy atom. The molecule has 2 N–H and O–H groups in total. The molecular weight excluding hydrogens is 332 g/mol. The molecule has 8 heteroatoms. The minimum Gasteiger partial charge on any atom is -0.481 e. The summed E-state index contributed by atoms with van der Waals surface area (Å²) in [6.45, 7) is 2.18. The SMILES string of the molecule is COC(=O)c1c(NC(=O)N2CCC(C)(C(=O)O)C2)sc2c1CCC2. The number of ether oxygens (including phenoxy) is 1. The van der Waals surface area contributed by atoms with Crippen molar-refractivity contribution in [2.24, 2.45) is 5.41 Å². The Kier molecular flexibility index (Phi) is 4.25. The van der Waals surface area contributed by atoms with Crippen LogP contribution < -0.4 is 5.32 Å². The first-order valence-corrected chi connectivity index (χ1v) is 8.69. The maximum atomic E-state index is 12.5. The molecule has 1 aliphatic carbocycles.